The molecule has 2 aliphatic rings. The fourth-order valence-corrected chi connectivity index (χ4v) is 2.64. The van der Waals surface area contributed by atoms with Gasteiger partial charge < -0.3 is 14.6 Å². The molecule has 0 radical (unpaired) electrons. The Kier molecular flexibility index (Phi) is 4.78. The van der Waals surface area contributed by atoms with Crippen molar-refractivity contribution >= 4 is 5.97 Å². The number of carboxylic acid groups (broad SMARTS) is 1. The predicted molar refractivity (Wildman–Crippen MR) is 67.2 cm³/mol. The fraction of sp³-hybridized carbons (Fsp3) is 0.786. The third-order valence-electron chi connectivity index (χ3n) is 3.83. The maximum Gasteiger partial charge on any atom is 0.330 e. The summed E-state index contributed by atoms with van der Waals surface area (Å²) in [6.07, 6.45) is 8.57. The molecule has 1 heterocycles. The van der Waals surface area contributed by atoms with Gasteiger partial charge in [0, 0.05) is 11.5 Å². The van der Waals surface area contributed by atoms with Crippen LogP contribution in [0.15, 0.2) is 11.6 Å². The summed E-state index contributed by atoms with van der Waals surface area (Å²) in [4.78, 5) is 10.7. The maximum absolute atomic E-state index is 10.7. The first-order chi connectivity index (χ1) is 8.66. The molecule has 2 fully saturated rings. The number of hydrogen-bond donors (Lipinski definition) is 1. The first kappa shape index (κ1) is 13.6. The number of carboxylic acids is 1. The highest BCUT2D eigenvalue weighted by molar-refractivity contribution is 5.85. The molecular weight excluding hydrogens is 232 g/mol. The second kappa shape index (κ2) is 6.34. The van der Waals surface area contributed by atoms with Gasteiger partial charge in [0.15, 0.2) is 6.29 Å². The molecule has 102 valence electrons. The molecular formula is C14H22O4. The van der Waals surface area contributed by atoms with E-state index in [1.54, 1.807) is 13.0 Å². The zero-order valence-electron chi connectivity index (χ0n) is 10.9. The minimum atomic E-state index is -0.863. The van der Waals surface area contributed by atoms with Crippen LogP contribution in [0.5, 0.6) is 0 Å². The molecule has 0 spiro atoms. The molecule has 2 unspecified atom stereocenters. The standard InChI is InChI=1S/C14H22O4/c1-10(13(15)16)7-8-12-9-17-14(18-12)11-5-3-2-4-6-11/h7,11-12,14H,2-6,8-9H2,1H3,(H,15,16). The highest BCUT2D eigenvalue weighted by atomic mass is 16.7. The van der Waals surface area contributed by atoms with Gasteiger partial charge in [-0.3, -0.25) is 0 Å². The summed E-state index contributed by atoms with van der Waals surface area (Å²) < 4.78 is 11.6. The average Bonchev–Trinajstić information content (AvgIpc) is 2.85. The smallest absolute Gasteiger partial charge is 0.330 e. The first-order valence-corrected chi connectivity index (χ1v) is 6.84. The van der Waals surface area contributed by atoms with Crippen molar-refractivity contribution in [3.63, 3.8) is 0 Å². The summed E-state index contributed by atoms with van der Waals surface area (Å²) in [5.74, 6) is -0.328. The molecule has 0 amide bonds. The predicted octanol–water partition coefficient (Wildman–Crippen LogP) is 2.73. The van der Waals surface area contributed by atoms with Crippen molar-refractivity contribution in [1.29, 1.82) is 0 Å². The van der Waals surface area contributed by atoms with Crippen molar-refractivity contribution in [3.8, 4) is 0 Å². The summed E-state index contributed by atoms with van der Waals surface area (Å²) in [6.45, 7) is 2.20. The zero-order valence-corrected chi connectivity index (χ0v) is 10.9. The van der Waals surface area contributed by atoms with E-state index in [1.807, 2.05) is 0 Å². The molecule has 1 saturated carbocycles. The van der Waals surface area contributed by atoms with Gasteiger partial charge in [-0.2, -0.15) is 0 Å². The van der Waals surface area contributed by atoms with Gasteiger partial charge >= 0.3 is 5.97 Å². The number of aliphatic carboxylic acids is 1. The molecule has 1 N–H and O–H groups in total. The Bertz CT molecular complexity index is 318. The van der Waals surface area contributed by atoms with E-state index in [2.05, 4.69) is 0 Å². The van der Waals surface area contributed by atoms with Crippen molar-refractivity contribution in [3.05, 3.63) is 11.6 Å². The van der Waals surface area contributed by atoms with Crippen LogP contribution in [0.25, 0.3) is 0 Å². The maximum atomic E-state index is 10.7. The second-order valence-electron chi connectivity index (χ2n) is 5.29. The van der Waals surface area contributed by atoms with E-state index in [9.17, 15) is 4.79 Å². The van der Waals surface area contributed by atoms with Crippen LogP contribution in [0.3, 0.4) is 0 Å². The van der Waals surface area contributed by atoms with Crippen LogP contribution >= 0.6 is 0 Å². The monoisotopic (exact) mass is 254 g/mol. The van der Waals surface area contributed by atoms with Gasteiger partial charge in [0.05, 0.1) is 12.7 Å². The van der Waals surface area contributed by atoms with Gasteiger partial charge in [-0.15, -0.1) is 0 Å². The number of rotatable bonds is 4. The quantitative estimate of drug-likeness (QED) is 0.784. The number of ether oxygens (including phenoxy) is 2. The van der Waals surface area contributed by atoms with Crippen molar-refractivity contribution in [2.75, 3.05) is 6.61 Å². The molecule has 1 aliphatic heterocycles. The van der Waals surface area contributed by atoms with Gasteiger partial charge in [0.2, 0.25) is 0 Å². The Morgan fingerprint density at radius 2 is 2.06 bits per heavy atom. The first-order valence-electron chi connectivity index (χ1n) is 6.84. The van der Waals surface area contributed by atoms with E-state index in [4.69, 9.17) is 14.6 Å². The molecule has 0 bridgehead atoms. The van der Waals surface area contributed by atoms with Gasteiger partial charge in [-0.25, -0.2) is 4.79 Å². The lowest BCUT2D eigenvalue weighted by molar-refractivity contribution is -0.132. The molecule has 2 rings (SSSR count). The Labute approximate surface area is 108 Å². The van der Waals surface area contributed by atoms with Crippen molar-refractivity contribution in [2.24, 2.45) is 5.92 Å². The van der Waals surface area contributed by atoms with E-state index < -0.39 is 5.97 Å². The second-order valence-corrected chi connectivity index (χ2v) is 5.29. The van der Waals surface area contributed by atoms with Gasteiger partial charge in [-0.1, -0.05) is 25.3 Å². The normalized spacial score (nSPS) is 30.6. The lowest BCUT2D eigenvalue weighted by atomic mass is 9.89. The van der Waals surface area contributed by atoms with Crippen molar-refractivity contribution < 1.29 is 19.4 Å². The van der Waals surface area contributed by atoms with Crippen LogP contribution in [0, 0.1) is 5.92 Å². The third kappa shape index (κ3) is 3.56. The van der Waals surface area contributed by atoms with Crippen molar-refractivity contribution in [1.82, 2.24) is 0 Å². The average molecular weight is 254 g/mol. The lowest BCUT2D eigenvalue weighted by Crippen LogP contribution is -2.24. The molecule has 18 heavy (non-hydrogen) atoms. The zero-order chi connectivity index (χ0) is 13.0. The van der Waals surface area contributed by atoms with Crippen LogP contribution in [0.1, 0.15) is 45.4 Å². The molecule has 1 aliphatic carbocycles. The highest BCUT2D eigenvalue weighted by Gasteiger charge is 2.32. The summed E-state index contributed by atoms with van der Waals surface area (Å²) in [5, 5.41) is 8.77. The Morgan fingerprint density at radius 1 is 1.33 bits per heavy atom. The summed E-state index contributed by atoms with van der Waals surface area (Å²) >= 11 is 0. The molecule has 4 heteroatoms. The van der Waals surface area contributed by atoms with E-state index in [0.29, 0.717) is 24.5 Å². The minimum absolute atomic E-state index is 0.0197. The molecule has 0 aromatic heterocycles. The van der Waals surface area contributed by atoms with Crippen LogP contribution < -0.4 is 0 Å². The Balaban J connectivity index is 1.77. The molecule has 2 atom stereocenters. The number of carbonyl (C=O) groups is 1. The molecule has 1 saturated heterocycles. The fourth-order valence-electron chi connectivity index (χ4n) is 2.64. The van der Waals surface area contributed by atoms with Gasteiger partial charge in [0.25, 0.3) is 0 Å². The van der Waals surface area contributed by atoms with E-state index >= 15 is 0 Å². The molecule has 0 aromatic rings. The summed E-state index contributed by atoms with van der Waals surface area (Å²) in [5.41, 5.74) is 0.375. The highest BCUT2D eigenvalue weighted by Crippen LogP contribution is 2.32. The number of hydrogen-bond acceptors (Lipinski definition) is 3. The Morgan fingerprint density at radius 3 is 2.72 bits per heavy atom. The Hall–Kier alpha value is -0.870. The van der Waals surface area contributed by atoms with Gasteiger partial charge in [-0.05, 0) is 26.2 Å². The van der Waals surface area contributed by atoms with Crippen LogP contribution in [-0.4, -0.2) is 30.1 Å². The van der Waals surface area contributed by atoms with Gasteiger partial charge in [0.1, 0.15) is 0 Å². The van der Waals surface area contributed by atoms with Crippen molar-refractivity contribution in [2.45, 2.75) is 57.8 Å². The summed E-state index contributed by atoms with van der Waals surface area (Å²) in [6, 6.07) is 0. The molecule has 4 nitrogen and oxygen atoms in total. The van der Waals surface area contributed by atoms with Crippen LogP contribution in [0.2, 0.25) is 0 Å². The SMILES string of the molecule is CC(=CCC1COC(C2CCCCC2)O1)C(=O)O. The summed E-state index contributed by atoms with van der Waals surface area (Å²) in [7, 11) is 0. The van der Waals surface area contributed by atoms with E-state index in [-0.39, 0.29) is 12.4 Å². The van der Waals surface area contributed by atoms with Crippen LogP contribution in [-0.2, 0) is 14.3 Å². The van der Waals surface area contributed by atoms with Crippen LogP contribution in [0.4, 0.5) is 0 Å². The largest absolute Gasteiger partial charge is 0.478 e. The van der Waals surface area contributed by atoms with E-state index in [0.717, 1.165) is 0 Å². The topological polar surface area (TPSA) is 55.8 Å². The van der Waals surface area contributed by atoms with E-state index in [1.165, 1.54) is 32.1 Å². The molecule has 0 aromatic carbocycles. The minimum Gasteiger partial charge on any atom is -0.478 e. The lowest BCUT2D eigenvalue weighted by Gasteiger charge is -2.26. The third-order valence-corrected chi connectivity index (χ3v) is 3.83.